The number of carbonyl (C=O) groups excluding carboxylic acids is 1. The van der Waals surface area contributed by atoms with E-state index in [1.807, 2.05) is 4.90 Å². The second-order valence-corrected chi connectivity index (χ2v) is 8.96. The topological polar surface area (TPSA) is 145 Å². The second kappa shape index (κ2) is 8.37. The number of amides is 1. The number of nitrogens with zero attached hydrogens (tertiary/aromatic N) is 7. The number of benzene rings is 1. The minimum absolute atomic E-state index is 0.0602. The van der Waals surface area contributed by atoms with Gasteiger partial charge >= 0.3 is 0 Å². The van der Waals surface area contributed by atoms with Crippen molar-refractivity contribution >= 4 is 22.8 Å². The summed E-state index contributed by atoms with van der Waals surface area (Å²) in [6, 6.07) is 8.78. The zero-order valence-corrected chi connectivity index (χ0v) is 19.4. The standard InChI is InChI=1S/C25H22N8O3/c1-25(35,23-27-8-2-9-28-23)7-5-15-3-4-18-19(11-15)33(20-6-10-29-24(26)30-20)31-21(18)22(34)32-13-17-12-16(32)14-36-17/h2-4,6,8-11,16-17,35H,12-14H2,1H3,(H2,26,29,30). The van der Waals surface area contributed by atoms with Gasteiger partial charge in [-0.15, -0.1) is 0 Å². The van der Waals surface area contributed by atoms with Gasteiger partial charge in [0.25, 0.3) is 5.91 Å². The molecule has 3 N–H and O–H groups in total. The van der Waals surface area contributed by atoms with Gasteiger partial charge in [-0.05, 0) is 37.6 Å². The van der Waals surface area contributed by atoms with Crippen LogP contribution in [0.3, 0.4) is 0 Å². The van der Waals surface area contributed by atoms with Crippen LogP contribution >= 0.6 is 0 Å². The molecule has 6 rings (SSSR count). The first-order valence-electron chi connectivity index (χ1n) is 11.5. The third-order valence-corrected chi connectivity index (χ3v) is 6.37. The highest BCUT2D eigenvalue weighted by Gasteiger charge is 2.42. The van der Waals surface area contributed by atoms with Crippen LogP contribution in [-0.4, -0.2) is 70.9 Å². The zero-order valence-electron chi connectivity index (χ0n) is 19.4. The third-order valence-electron chi connectivity index (χ3n) is 6.37. The predicted octanol–water partition coefficient (Wildman–Crippen LogP) is 1.06. The number of fused-ring (bicyclic) bond motifs is 3. The average molecular weight is 483 g/mol. The summed E-state index contributed by atoms with van der Waals surface area (Å²) in [5, 5.41) is 16.1. The zero-order chi connectivity index (χ0) is 24.9. The summed E-state index contributed by atoms with van der Waals surface area (Å²) in [4.78, 5) is 31.8. The maximum atomic E-state index is 13.5. The van der Waals surface area contributed by atoms with Crippen LogP contribution in [0.15, 0.2) is 48.9 Å². The molecular weight excluding hydrogens is 460 g/mol. The Morgan fingerprint density at radius 2 is 2.06 bits per heavy atom. The van der Waals surface area contributed by atoms with Crippen molar-refractivity contribution in [1.29, 1.82) is 0 Å². The van der Waals surface area contributed by atoms with Crippen LogP contribution in [0.5, 0.6) is 0 Å². The normalized spacial score (nSPS) is 20.2. The Kier molecular flexibility index (Phi) is 5.13. The van der Waals surface area contributed by atoms with Gasteiger partial charge in [0.2, 0.25) is 5.95 Å². The van der Waals surface area contributed by atoms with Gasteiger partial charge in [0.15, 0.2) is 22.9 Å². The van der Waals surface area contributed by atoms with Gasteiger partial charge in [-0.2, -0.15) is 10.1 Å². The molecule has 36 heavy (non-hydrogen) atoms. The lowest BCUT2D eigenvalue weighted by Gasteiger charge is -2.26. The molecule has 11 heteroatoms. The lowest BCUT2D eigenvalue weighted by atomic mass is 10.1. The molecule has 11 nitrogen and oxygen atoms in total. The molecule has 0 radical (unpaired) electrons. The smallest absolute Gasteiger partial charge is 0.275 e. The summed E-state index contributed by atoms with van der Waals surface area (Å²) in [6.45, 7) is 2.63. The fourth-order valence-electron chi connectivity index (χ4n) is 4.59. The fraction of sp³-hybridized carbons (Fsp3) is 0.280. The van der Waals surface area contributed by atoms with Gasteiger partial charge in [-0.25, -0.2) is 19.6 Å². The predicted molar refractivity (Wildman–Crippen MR) is 129 cm³/mol. The van der Waals surface area contributed by atoms with Crippen LogP contribution < -0.4 is 5.73 Å². The van der Waals surface area contributed by atoms with Gasteiger partial charge in [0.05, 0.1) is 24.3 Å². The Morgan fingerprint density at radius 3 is 2.78 bits per heavy atom. The molecule has 2 saturated heterocycles. The van der Waals surface area contributed by atoms with Gasteiger partial charge in [-0.1, -0.05) is 11.8 Å². The van der Waals surface area contributed by atoms with E-state index in [0.717, 1.165) is 6.42 Å². The number of carbonyl (C=O) groups is 1. The molecule has 2 bridgehead atoms. The van der Waals surface area contributed by atoms with Crippen LogP contribution in [0.4, 0.5) is 5.95 Å². The molecule has 1 aromatic carbocycles. The number of hydrogen-bond donors (Lipinski definition) is 2. The van der Waals surface area contributed by atoms with E-state index < -0.39 is 5.60 Å². The third kappa shape index (κ3) is 3.82. The fourth-order valence-corrected chi connectivity index (χ4v) is 4.59. The Balaban J connectivity index is 1.44. The largest absolute Gasteiger partial charge is 0.374 e. The molecule has 2 aliphatic rings. The molecule has 180 valence electrons. The first-order chi connectivity index (χ1) is 17.4. The van der Waals surface area contributed by atoms with Crippen LogP contribution in [0.2, 0.25) is 0 Å². The minimum atomic E-state index is -1.55. The number of ether oxygens (including phenoxy) is 1. The van der Waals surface area contributed by atoms with Crippen molar-refractivity contribution in [3.05, 3.63) is 66.0 Å². The number of hydrogen-bond acceptors (Lipinski definition) is 9. The molecule has 2 aliphatic heterocycles. The molecule has 0 aliphatic carbocycles. The number of likely N-dealkylation sites (tertiary alicyclic amines) is 1. The van der Waals surface area contributed by atoms with Crippen molar-refractivity contribution < 1.29 is 14.6 Å². The quantitative estimate of drug-likeness (QED) is 0.409. The molecular formula is C25H22N8O3. The van der Waals surface area contributed by atoms with Crippen molar-refractivity contribution in [2.75, 3.05) is 18.9 Å². The molecule has 2 fully saturated rings. The number of aliphatic hydroxyl groups is 1. The summed E-state index contributed by atoms with van der Waals surface area (Å²) in [7, 11) is 0. The first kappa shape index (κ1) is 22.1. The number of nitrogen functional groups attached to an aromatic ring is 1. The molecule has 0 saturated carbocycles. The molecule has 3 atom stereocenters. The van der Waals surface area contributed by atoms with Crippen molar-refractivity contribution in [2.45, 2.75) is 31.1 Å². The Labute approximate surface area is 206 Å². The molecule has 0 spiro atoms. The molecule has 1 amide bonds. The first-order valence-corrected chi connectivity index (χ1v) is 11.5. The SMILES string of the molecule is CC(O)(C#Cc1ccc2c(C(=O)N3CC4CC3CO4)nn(-c3ccnc(N)n3)c2c1)c1ncccn1. The van der Waals surface area contributed by atoms with Crippen molar-refractivity contribution in [3.63, 3.8) is 0 Å². The van der Waals surface area contributed by atoms with E-state index in [0.29, 0.717) is 41.1 Å². The van der Waals surface area contributed by atoms with Gasteiger partial charge in [-0.3, -0.25) is 4.79 Å². The van der Waals surface area contributed by atoms with E-state index in [1.165, 1.54) is 13.1 Å². The monoisotopic (exact) mass is 482 g/mol. The number of rotatable bonds is 3. The van der Waals surface area contributed by atoms with Crippen LogP contribution in [0.25, 0.3) is 16.7 Å². The molecule has 5 heterocycles. The van der Waals surface area contributed by atoms with E-state index in [-0.39, 0.29) is 29.8 Å². The molecule has 3 aromatic heterocycles. The maximum Gasteiger partial charge on any atom is 0.275 e. The lowest BCUT2D eigenvalue weighted by molar-refractivity contribution is 0.0256. The minimum Gasteiger partial charge on any atom is -0.374 e. The summed E-state index contributed by atoms with van der Waals surface area (Å²) in [5.41, 5.74) is 5.82. The molecule has 3 unspecified atom stereocenters. The number of anilines is 1. The highest BCUT2D eigenvalue weighted by atomic mass is 16.5. The Morgan fingerprint density at radius 1 is 1.22 bits per heavy atom. The van der Waals surface area contributed by atoms with Crippen LogP contribution in [-0.2, 0) is 10.3 Å². The van der Waals surface area contributed by atoms with Gasteiger partial charge in [0.1, 0.15) is 0 Å². The highest BCUT2D eigenvalue weighted by Crippen LogP contribution is 2.31. The van der Waals surface area contributed by atoms with Crippen LogP contribution in [0, 0.1) is 11.8 Å². The summed E-state index contributed by atoms with van der Waals surface area (Å²) in [5.74, 6) is 6.39. The number of morpholine rings is 1. The van der Waals surface area contributed by atoms with Gasteiger partial charge < -0.3 is 20.5 Å². The highest BCUT2D eigenvalue weighted by molar-refractivity contribution is 6.05. The Hall–Kier alpha value is -4.40. The van der Waals surface area contributed by atoms with E-state index in [2.05, 4.69) is 36.9 Å². The Bertz CT molecular complexity index is 1540. The average Bonchev–Trinajstić information content (AvgIpc) is 3.62. The van der Waals surface area contributed by atoms with Gasteiger partial charge in [0, 0.05) is 42.2 Å². The van der Waals surface area contributed by atoms with E-state index in [1.54, 1.807) is 47.4 Å². The number of nitrogens with two attached hydrogens (primary N) is 1. The maximum absolute atomic E-state index is 13.5. The van der Waals surface area contributed by atoms with Crippen molar-refractivity contribution in [3.8, 4) is 17.7 Å². The van der Waals surface area contributed by atoms with E-state index >= 15 is 0 Å². The summed E-state index contributed by atoms with van der Waals surface area (Å²) in [6.07, 6.45) is 5.56. The molecule has 4 aromatic rings. The second-order valence-electron chi connectivity index (χ2n) is 8.96. The van der Waals surface area contributed by atoms with Crippen LogP contribution in [0.1, 0.15) is 35.2 Å². The van der Waals surface area contributed by atoms with Crippen molar-refractivity contribution in [1.82, 2.24) is 34.6 Å². The van der Waals surface area contributed by atoms with E-state index in [4.69, 9.17) is 10.5 Å². The van der Waals surface area contributed by atoms with Crippen molar-refractivity contribution in [2.24, 2.45) is 0 Å². The summed E-state index contributed by atoms with van der Waals surface area (Å²) < 4.78 is 7.22. The summed E-state index contributed by atoms with van der Waals surface area (Å²) >= 11 is 0. The van der Waals surface area contributed by atoms with E-state index in [9.17, 15) is 9.90 Å². The lowest BCUT2D eigenvalue weighted by Crippen LogP contribution is -2.41. The number of aromatic nitrogens is 6.